The van der Waals surface area contributed by atoms with E-state index in [1.165, 1.54) is 0 Å². The minimum Gasteiger partial charge on any atom is -0.479 e. The summed E-state index contributed by atoms with van der Waals surface area (Å²) in [5, 5.41) is 8.32. The largest absolute Gasteiger partial charge is 0.479 e. The Labute approximate surface area is 97.7 Å². The molecule has 7 nitrogen and oxygen atoms in total. The summed E-state index contributed by atoms with van der Waals surface area (Å²) in [6.45, 7) is -0.176. The lowest BCUT2D eigenvalue weighted by Gasteiger charge is -2.14. The van der Waals surface area contributed by atoms with Crippen LogP contribution in [0.3, 0.4) is 0 Å². The molecular formula is C10H14N2O5. The van der Waals surface area contributed by atoms with Crippen molar-refractivity contribution in [2.75, 3.05) is 13.2 Å². The molecule has 94 valence electrons. The fourth-order valence-corrected chi connectivity index (χ4v) is 1.90. The Bertz CT molecular complexity index is 353. The quantitative estimate of drug-likeness (QED) is 0.611. The molecule has 2 amide bonds. The van der Waals surface area contributed by atoms with Gasteiger partial charge in [-0.2, -0.15) is 0 Å². The van der Waals surface area contributed by atoms with Gasteiger partial charge < -0.3 is 10.0 Å². The van der Waals surface area contributed by atoms with Crippen LogP contribution in [0.4, 0.5) is 0 Å². The summed E-state index contributed by atoms with van der Waals surface area (Å²) in [4.78, 5) is 39.5. The van der Waals surface area contributed by atoms with Gasteiger partial charge in [-0.25, -0.2) is 10.3 Å². The number of amides is 2. The molecular weight excluding hydrogens is 228 g/mol. The van der Waals surface area contributed by atoms with Gasteiger partial charge in [0.05, 0.1) is 5.92 Å². The van der Waals surface area contributed by atoms with E-state index in [4.69, 9.17) is 5.11 Å². The van der Waals surface area contributed by atoms with Crippen LogP contribution >= 0.6 is 0 Å². The van der Waals surface area contributed by atoms with Gasteiger partial charge in [0.2, 0.25) is 11.8 Å². The molecule has 0 aromatic carbocycles. The fraction of sp³-hybridized carbons (Fsp3) is 0.700. The molecule has 7 heteroatoms. The standard InChI is InChI=1S/C10H14N2O5/c13-8-3-6(4-12(8)7-1-2-7)10(16)11-17-5-9(14)15/h6-7H,1-5H2,(H,11,16)(H,14,15). The van der Waals surface area contributed by atoms with Crippen LogP contribution in [0.25, 0.3) is 0 Å². The number of carboxylic acids is 1. The number of carboxylic acid groups (broad SMARTS) is 1. The first-order valence-corrected chi connectivity index (χ1v) is 5.51. The van der Waals surface area contributed by atoms with E-state index in [2.05, 4.69) is 10.3 Å². The first-order chi connectivity index (χ1) is 8.08. The SMILES string of the molecule is O=C(O)CONC(=O)C1CC(=O)N(C2CC2)C1. The third-order valence-electron chi connectivity index (χ3n) is 2.89. The number of aliphatic carboxylic acids is 1. The minimum atomic E-state index is -1.16. The van der Waals surface area contributed by atoms with Crippen molar-refractivity contribution in [1.82, 2.24) is 10.4 Å². The zero-order valence-corrected chi connectivity index (χ0v) is 9.22. The predicted octanol–water partition coefficient (Wildman–Crippen LogP) is -0.870. The molecule has 1 aliphatic carbocycles. The lowest BCUT2D eigenvalue weighted by atomic mass is 10.1. The summed E-state index contributed by atoms with van der Waals surface area (Å²) in [6.07, 6.45) is 2.20. The van der Waals surface area contributed by atoms with Gasteiger partial charge in [0, 0.05) is 19.0 Å². The summed E-state index contributed by atoms with van der Waals surface area (Å²) >= 11 is 0. The minimum absolute atomic E-state index is 0.00844. The maximum absolute atomic E-state index is 11.6. The summed E-state index contributed by atoms with van der Waals surface area (Å²) < 4.78 is 0. The van der Waals surface area contributed by atoms with E-state index in [-0.39, 0.29) is 12.3 Å². The summed E-state index contributed by atoms with van der Waals surface area (Å²) in [6, 6.07) is 0.306. The van der Waals surface area contributed by atoms with Crippen LogP contribution in [0.15, 0.2) is 0 Å². The van der Waals surface area contributed by atoms with Crippen LogP contribution in [0.5, 0.6) is 0 Å². The van der Waals surface area contributed by atoms with Gasteiger partial charge in [0.1, 0.15) is 0 Å². The van der Waals surface area contributed by atoms with Gasteiger partial charge in [-0.05, 0) is 12.8 Å². The molecule has 1 atom stereocenters. The van der Waals surface area contributed by atoms with Crippen molar-refractivity contribution >= 4 is 17.8 Å². The number of nitrogens with one attached hydrogen (secondary N) is 1. The van der Waals surface area contributed by atoms with Crippen molar-refractivity contribution in [3.63, 3.8) is 0 Å². The highest BCUT2D eigenvalue weighted by molar-refractivity contribution is 5.89. The Morgan fingerprint density at radius 1 is 1.47 bits per heavy atom. The number of carbonyl (C=O) groups is 3. The molecule has 2 N–H and O–H groups in total. The molecule has 1 heterocycles. The number of rotatable bonds is 5. The van der Waals surface area contributed by atoms with E-state index in [0.29, 0.717) is 12.6 Å². The Kier molecular flexibility index (Phi) is 3.28. The van der Waals surface area contributed by atoms with Crippen LogP contribution < -0.4 is 5.48 Å². The van der Waals surface area contributed by atoms with Gasteiger partial charge in [-0.1, -0.05) is 0 Å². The first-order valence-electron chi connectivity index (χ1n) is 5.51. The van der Waals surface area contributed by atoms with Crippen LogP contribution in [0, 0.1) is 5.92 Å². The van der Waals surface area contributed by atoms with E-state index in [1.807, 2.05) is 0 Å². The van der Waals surface area contributed by atoms with Gasteiger partial charge in [0.25, 0.3) is 0 Å². The average Bonchev–Trinajstić information content (AvgIpc) is 3.01. The Morgan fingerprint density at radius 2 is 2.18 bits per heavy atom. The highest BCUT2D eigenvalue weighted by atomic mass is 16.7. The second-order valence-corrected chi connectivity index (χ2v) is 4.33. The van der Waals surface area contributed by atoms with E-state index >= 15 is 0 Å². The normalized spacial score (nSPS) is 23.9. The maximum atomic E-state index is 11.6. The number of hydrogen-bond acceptors (Lipinski definition) is 4. The smallest absolute Gasteiger partial charge is 0.332 e. The van der Waals surface area contributed by atoms with E-state index < -0.39 is 24.4 Å². The highest BCUT2D eigenvalue weighted by Crippen LogP contribution is 2.32. The molecule has 1 aliphatic heterocycles. The molecule has 1 unspecified atom stereocenters. The molecule has 1 saturated heterocycles. The molecule has 2 fully saturated rings. The first kappa shape index (κ1) is 11.8. The lowest BCUT2D eigenvalue weighted by Crippen LogP contribution is -2.34. The van der Waals surface area contributed by atoms with Crippen molar-refractivity contribution in [2.45, 2.75) is 25.3 Å². The van der Waals surface area contributed by atoms with E-state index in [1.54, 1.807) is 4.90 Å². The Balaban J connectivity index is 1.76. The lowest BCUT2D eigenvalue weighted by molar-refractivity contribution is -0.150. The monoisotopic (exact) mass is 242 g/mol. The zero-order chi connectivity index (χ0) is 12.4. The number of hydroxylamine groups is 1. The number of nitrogens with zero attached hydrogens (tertiary/aromatic N) is 1. The maximum Gasteiger partial charge on any atom is 0.332 e. The summed E-state index contributed by atoms with van der Waals surface area (Å²) in [5.74, 6) is -2.03. The van der Waals surface area contributed by atoms with Crippen molar-refractivity contribution in [2.24, 2.45) is 5.92 Å². The highest BCUT2D eigenvalue weighted by Gasteiger charge is 2.41. The third kappa shape index (κ3) is 2.94. The molecule has 0 spiro atoms. The van der Waals surface area contributed by atoms with Gasteiger partial charge >= 0.3 is 5.97 Å². The molecule has 0 aromatic rings. The van der Waals surface area contributed by atoms with E-state index in [0.717, 1.165) is 12.8 Å². The zero-order valence-electron chi connectivity index (χ0n) is 9.22. The van der Waals surface area contributed by atoms with Gasteiger partial charge in [0.15, 0.2) is 6.61 Å². The summed E-state index contributed by atoms with van der Waals surface area (Å²) in [5.41, 5.74) is 2.06. The molecule has 0 aromatic heterocycles. The molecule has 2 aliphatic rings. The fourth-order valence-electron chi connectivity index (χ4n) is 1.90. The van der Waals surface area contributed by atoms with Crippen molar-refractivity contribution < 1.29 is 24.3 Å². The second kappa shape index (κ2) is 4.70. The van der Waals surface area contributed by atoms with Crippen LogP contribution in [0.1, 0.15) is 19.3 Å². The molecule has 0 radical (unpaired) electrons. The third-order valence-corrected chi connectivity index (χ3v) is 2.89. The second-order valence-electron chi connectivity index (χ2n) is 4.33. The summed E-state index contributed by atoms with van der Waals surface area (Å²) in [7, 11) is 0. The van der Waals surface area contributed by atoms with E-state index in [9.17, 15) is 14.4 Å². The molecule has 2 rings (SSSR count). The van der Waals surface area contributed by atoms with Gasteiger partial charge in [-0.3, -0.25) is 14.4 Å². The number of carbonyl (C=O) groups excluding carboxylic acids is 2. The van der Waals surface area contributed by atoms with Crippen molar-refractivity contribution in [3.05, 3.63) is 0 Å². The Morgan fingerprint density at radius 3 is 2.76 bits per heavy atom. The topological polar surface area (TPSA) is 95.9 Å². The van der Waals surface area contributed by atoms with Crippen molar-refractivity contribution in [3.8, 4) is 0 Å². The van der Waals surface area contributed by atoms with Crippen molar-refractivity contribution in [1.29, 1.82) is 0 Å². The molecule has 17 heavy (non-hydrogen) atoms. The number of hydrogen-bond donors (Lipinski definition) is 2. The van der Waals surface area contributed by atoms with Gasteiger partial charge in [-0.15, -0.1) is 0 Å². The van der Waals surface area contributed by atoms with Crippen LogP contribution in [-0.2, 0) is 19.2 Å². The predicted molar refractivity (Wildman–Crippen MR) is 54.6 cm³/mol. The molecule has 1 saturated carbocycles. The molecule has 0 bridgehead atoms. The Hall–Kier alpha value is -1.63. The number of likely N-dealkylation sites (tertiary alicyclic amines) is 1. The van der Waals surface area contributed by atoms with Crippen LogP contribution in [0.2, 0.25) is 0 Å². The average molecular weight is 242 g/mol. The van der Waals surface area contributed by atoms with Crippen LogP contribution in [-0.4, -0.2) is 47.0 Å².